The summed E-state index contributed by atoms with van der Waals surface area (Å²) in [5.41, 5.74) is -0.0444. The van der Waals surface area contributed by atoms with E-state index in [4.69, 9.17) is 9.52 Å². The molecule has 0 spiro atoms. The Hall–Kier alpha value is -1.78. The Labute approximate surface area is 104 Å². The van der Waals surface area contributed by atoms with Gasteiger partial charge in [0.25, 0.3) is 5.91 Å². The van der Waals surface area contributed by atoms with E-state index in [-0.39, 0.29) is 17.2 Å². The molecule has 0 aromatic carbocycles. The van der Waals surface area contributed by atoms with Crippen molar-refractivity contribution in [3.8, 4) is 0 Å². The largest absolute Gasteiger partial charge is 0.478 e. The molecule has 2 unspecified atom stereocenters. The molecule has 2 heterocycles. The second kappa shape index (κ2) is 4.15. The van der Waals surface area contributed by atoms with Crippen molar-refractivity contribution in [1.82, 2.24) is 4.90 Å². The Morgan fingerprint density at radius 3 is 2.56 bits per heavy atom. The van der Waals surface area contributed by atoms with Crippen molar-refractivity contribution in [3.63, 3.8) is 0 Å². The summed E-state index contributed by atoms with van der Waals surface area (Å²) >= 11 is 0. The average molecular weight is 249 g/mol. The summed E-state index contributed by atoms with van der Waals surface area (Å²) in [5.74, 6) is -0.254. The molecular weight excluding hydrogens is 234 g/mol. The Balaban J connectivity index is 1.79. The Kier molecular flexibility index (Phi) is 2.61. The highest BCUT2D eigenvalue weighted by Gasteiger charge is 2.39. The molecule has 2 fully saturated rings. The molecule has 96 valence electrons. The van der Waals surface area contributed by atoms with Crippen LogP contribution in [0.4, 0.5) is 0 Å². The summed E-state index contributed by atoms with van der Waals surface area (Å²) < 4.78 is 5.05. The van der Waals surface area contributed by atoms with E-state index in [1.807, 2.05) is 0 Å². The fraction of sp³-hybridized carbons (Fsp3) is 0.538. The average Bonchev–Trinajstić information content (AvgIpc) is 3.02. The van der Waals surface area contributed by atoms with E-state index in [9.17, 15) is 9.59 Å². The first kappa shape index (κ1) is 11.3. The minimum atomic E-state index is -1.12. The molecule has 0 radical (unpaired) electrons. The lowest BCUT2D eigenvalue weighted by molar-refractivity contribution is 0.0668. The van der Waals surface area contributed by atoms with Gasteiger partial charge in [-0.05, 0) is 30.7 Å². The van der Waals surface area contributed by atoms with Crippen LogP contribution in [0.2, 0.25) is 0 Å². The Bertz CT molecular complexity index is 481. The standard InChI is InChI=1S/C13H15NO4/c15-12(11-10(13(16)17)4-5-18-11)14-6-8-2-1-3-9(8)7-14/h4-5,8-9H,1-3,6-7H2,(H,16,17). The number of carboxylic acid groups (broad SMARTS) is 1. The van der Waals surface area contributed by atoms with Crippen molar-refractivity contribution in [2.45, 2.75) is 19.3 Å². The number of nitrogens with zero attached hydrogens (tertiary/aromatic N) is 1. The second-order valence-corrected chi connectivity index (χ2v) is 5.13. The molecule has 2 aliphatic rings. The van der Waals surface area contributed by atoms with Crippen molar-refractivity contribution < 1.29 is 19.1 Å². The third kappa shape index (κ3) is 1.70. The highest BCUT2D eigenvalue weighted by Crippen LogP contribution is 2.38. The van der Waals surface area contributed by atoms with Crippen LogP contribution in [0.1, 0.15) is 40.2 Å². The van der Waals surface area contributed by atoms with Crippen molar-refractivity contribution >= 4 is 11.9 Å². The minimum absolute atomic E-state index is 0.0394. The van der Waals surface area contributed by atoms with Gasteiger partial charge in [0.2, 0.25) is 5.76 Å². The lowest BCUT2D eigenvalue weighted by atomic mass is 10.0. The van der Waals surface area contributed by atoms with Crippen LogP contribution in [-0.4, -0.2) is 35.0 Å². The second-order valence-electron chi connectivity index (χ2n) is 5.13. The van der Waals surface area contributed by atoms with Crippen LogP contribution in [0.5, 0.6) is 0 Å². The van der Waals surface area contributed by atoms with E-state index < -0.39 is 5.97 Å². The minimum Gasteiger partial charge on any atom is -0.478 e. The first-order valence-corrected chi connectivity index (χ1v) is 6.27. The van der Waals surface area contributed by atoms with Crippen LogP contribution in [0.25, 0.3) is 0 Å². The van der Waals surface area contributed by atoms with E-state index in [1.54, 1.807) is 4.90 Å². The lowest BCUT2D eigenvalue weighted by Gasteiger charge is -2.15. The predicted octanol–water partition coefficient (Wildman–Crippen LogP) is 1.85. The number of furan rings is 1. The number of amides is 1. The Morgan fingerprint density at radius 2 is 1.94 bits per heavy atom. The lowest BCUT2D eigenvalue weighted by Crippen LogP contribution is -2.30. The number of hydrogen-bond acceptors (Lipinski definition) is 3. The maximum absolute atomic E-state index is 12.2. The van der Waals surface area contributed by atoms with Crippen molar-refractivity contribution in [2.24, 2.45) is 11.8 Å². The summed E-state index contributed by atoms with van der Waals surface area (Å²) in [6, 6.07) is 1.33. The summed E-state index contributed by atoms with van der Waals surface area (Å²) in [5, 5.41) is 8.98. The molecule has 1 aromatic rings. The molecule has 1 amide bonds. The van der Waals surface area contributed by atoms with E-state index in [1.165, 1.54) is 31.6 Å². The van der Waals surface area contributed by atoms with Gasteiger partial charge in [0.15, 0.2) is 0 Å². The molecule has 5 nitrogen and oxygen atoms in total. The van der Waals surface area contributed by atoms with E-state index in [0.29, 0.717) is 11.8 Å². The molecule has 1 N–H and O–H groups in total. The van der Waals surface area contributed by atoms with Crippen LogP contribution in [0, 0.1) is 11.8 Å². The normalized spacial score (nSPS) is 26.3. The van der Waals surface area contributed by atoms with Gasteiger partial charge >= 0.3 is 5.97 Å². The number of carbonyl (C=O) groups excluding carboxylic acids is 1. The van der Waals surface area contributed by atoms with Gasteiger partial charge in [-0.15, -0.1) is 0 Å². The van der Waals surface area contributed by atoms with E-state index >= 15 is 0 Å². The van der Waals surface area contributed by atoms with Crippen molar-refractivity contribution in [2.75, 3.05) is 13.1 Å². The molecule has 1 aliphatic heterocycles. The zero-order valence-electron chi connectivity index (χ0n) is 9.96. The highest BCUT2D eigenvalue weighted by atomic mass is 16.4. The van der Waals surface area contributed by atoms with E-state index in [2.05, 4.69) is 0 Å². The quantitative estimate of drug-likeness (QED) is 0.868. The van der Waals surface area contributed by atoms with Gasteiger partial charge in [-0.25, -0.2) is 4.79 Å². The first-order valence-electron chi connectivity index (χ1n) is 6.27. The van der Waals surface area contributed by atoms with E-state index in [0.717, 1.165) is 13.1 Å². The number of likely N-dealkylation sites (tertiary alicyclic amines) is 1. The molecule has 1 saturated carbocycles. The number of aromatic carboxylic acids is 1. The van der Waals surface area contributed by atoms with Gasteiger partial charge in [-0.2, -0.15) is 0 Å². The van der Waals surface area contributed by atoms with Gasteiger partial charge in [-0.3, -0.25) is 4.79 Å². The predicted molar refractivity (Wildman–Crippen MR) is 62.4 cm³/mol. The molecule has 18 heavy (non-hydrogen) atoms. The molecule has 1 aliphatic carbocycles. The van der Waals surface area contributed by atoms with Crippen LogP contribution >= 0.6 is 0 Å². The van der Waals surface area contributed by atoms with Gasteiger partial charge < -0.3 is 14.4 Å². The highest BCUT2D eigenvalue weighted by molar-refractivity contribution is 6.02. The van der Waals surface area contributed by atoms with Gasteiger partial charge in [0.05, 0.1) is 6.26 Å². The fourth-order valence-electron chi connectivity index (χ4n) is 3.19. The molecule has 1 aromatic heterocycles. The van der Waals surface area contributed by atoms with Gasteiger partial charge in [-0.1, -0.05) is 6.42 Å². The monoisotopic (exact) mass is 249 g/mol. The van der Waals surface area contributed by atoms with Crippen LogP contribution < -0.4 is 0 Å². The number of fused-ring (bicyclic) bond motifs is 1. The molecule has 0 bridgehead atoms. The summed E-state index contributed by atoms with van der Waals surface area (Å²) in [6.07, 6.45) is 4.86. The maximum atomic E-state index is 12.2. The third-order valence-corrected chi connectivity index (χ3v) is 4.10. The first-order chi connectivity index (χ1) is 8.66. The molecule has 5 heteroatoms. The van der Waals surface area contributed by atoms with Crippen molar-refractivity contribution in [3.05, 3.63) is 23.7 Å². The molecular formula is C13H15NO4. The topological polar surface area (TPSA) is 70.7 Å². The van der Waals surface area contributed by atoms with Crippen LogP contribution in [0.3, 0.4) is 0 Å². The smallest absolute Gasteiger partial charge is 0.339 e. The molecule has 2 atom stereocenters. The van der Waals surface area contributed by atoms with Crippen LogP contribution in [-0.2, 0) is 0 Å². The number of hydrogen-bond donors (Lipinski definition) is 1. The van der Waals surface area contributed by atoms with Crippen molar-refractivity contribution in [1.29, 1.82) is 0 Å². The van der Waals surface area contributed by atoms with Gasteiger partial charge in [0, 0.05) is 13.1 Å². The number of rotatable bonds is 2. The molecule has 3 rings (SSSR count). The summed E-state index contributed by atoms with van der Waals surface area (Å²) in [4.78, 5) is 24.9. The summed E-state index contributed by atoms with van der Waals surface area (Å²) in [6.45, 7) is 1.48. The third-order valence-electron chi connectivity index (χ3n) is 4.10. The maximum Gasteiger partial charge on any atom is 0.339 e. The van der Waals surface area contributed by atoms with Crippen LogP contribution in [0.15, 0.2) is 16.7 Å². The number of carboxylic acids is 1. The van der Waals surface area contributed by atoms with Gasteiger partial charge in [0.1, 0.15) is 5.56 Å². The zero-order chi connectivity index (χ0) is 12.7. The zero-order valence-corrected chi connectivity index (χ0v) is 9.96. The molecule has 1 saturated heterocycles. The number of carbonyl (C=O) groups is 2. The fourth-order valence-corrected chi connectivity index (χ4v) is 3.19. The SMILES string of the molecule is O=C(O)c1ccoc1C(=O)N1CC2CCCC2C1. The summed E-state index contributed by atoms with van der Waals surface area (Å²) in [7, 11) is 0. The Morgan fingerprint density at radius 1 is 1.28 bits per heavy atom.